The molecule has 0 aliphatic carbocycles. The summed E-state index contributed by atoms with van der Waals surface area (Å²) in [5.41, 5.74) is 1.06. The average Bonchev–Trinajstić information content (AvgIpc) is 2.75. The second-order valence-electron chi connectivity index (χ2n) is 8.17. The van der Waals surface area contributed by atoms with Crippen LogP contribution in [0.25, 0.3) is 0 Å². The first-order valence-corrected chi connectivity index (χ1v) is 14.3. The van der Waals surface area contributed by atoms with E-state index in [4.69, 9.17) is 4.74 Å². The van der Waals surface area contributed by atoms with Gasteiger partial charge in [0.25, 0.3) is 0 Å². The standard InChI is InChI=1S/C24H34O7S2.2Na/c1-2-3-4-5-6-7-8-9-10-11-13-20-16-18-21(19-17-20)31-24-22(32(25,26)27)14-12-15-23(24)33(28,29)30;;/h12,14-19H,2-11,13H2,1H3,(H,25,26,27)(H,28,29,30);;/q;2*+1/p-2. The molecule has 184 valence electrons. The molecule has 0 fully saturated rings. The Balaban J connectivity index is 0.00000578. The van der Waals surface area contributed by atoms with Crippen LogP contribution < -0.4 is 63.9 Å². The van der Waals surface area contributed by atoms with Crippen molar-refractivity contribution in [3.63, 3.8) is 0 Å². The Bertz CT molecular complexity index is 1040. The molecule has 2 aromatic carbocycles. The summed E-state index contributed by atoms with van der Waals surface area (Å²) in [6, 6.07) is 9.53. The van der Waals surface area contributed by atoms with Crippen molar-refractivity contribution in [2.75, 3.05) is 0 Å². The van der Waals surface area contributed by atoms with Crippen molar-refractivity contribution in [2.45, 2.75) is 87.3 Å². The number of aryl methyl sites for hydroxylation is 1. The van der Waals surface area contributed by atoms with Gasteiger partial charge < -0.3 is 13.8 Å². The van der Waals surface area contributed by atoms with E-state index in [-0.39, 0.29) is 64.9 Å². The summed E-state index contributed by atoms with van der Waals surface area (Å²) in [5, 5.41) is 0. The molecule has 0 saturated heterocycles. The minimum Gasteiger partial charge on any atom is -0.744 e. The first kappa shape index (κ1) is 35.1. The van der Waals surface area contributed by atoms with Gasteiger partial charge in [-0.15, -0.1) is 0 Å². The molecule has 0 amide bonds. The smallest absolute Gasteiger partial charge is 0.744 e. The molecular formula is C24H32Na2O7S2. The van der Waals surface area contributed by atoms with Gasteiger partial charge in [-0.05, 0) is 42.7 Å². The van der Waals surface area contributed by atoms with Crippen LogP contribution in [0.2, 0.25) is 0 Å². The van der Waals surface area contributed by atoms with Crippen molar-refractivity contribution in [3.8, 4) is 11.5 Å². The van der Waals surface area contributed by atoms with Crippen molar-refractivity contribution in [1.29, 1.82) is 0 Å². The summed E-state index contributed by atoms with van der Waals surface area (Å²) < 4.78 is 74.5. The van der Waals surface area contributed by atoms with E-state index in [0.29, 0.717) is 0 Å². The third-order valence-electron chi connectivity index (χ3n) is 5.44. The van der Waals surface area contributed by atoms with Crippen LogP contribution in [-0.4, -0.2) is 25.9 Å². The zero-order chi connectivity index (χ0) is 24.3. The molecule has 0 aliphatic heterocycles. The van der Waals surface area contributed by atoms with E-state index in [1.807, 2.05) is 0 Å². The molecule has 0 bridgehead atoms. The molecule has 2 rings (SSSR count). The summed E-state index contributed by atoms with van der Waals surface area (Å²) in [6.45, 7) is 2.22. The second-order valence-corrected chi connectivity index (χ2v) is 10.9. The monoisotopic (exact) mass is 542 g/mol. The Kier molecular flexibility index (Phi) is 17.6. The molecule has 35 heavy (non-hydrogen) atoms. The van der Waals surface area contributed by atoms with Gasteiger partial charge in [-0.3, -0.25) is 0 Å². The van der Waals surface area contributed by atoms with Crippen molar-refractivity contribution >= 4 is 20.2 Å². The topological polar surface area (TPSA) is 124 Å². The van der Waals surface area contributed by atoms with Crippen molar-refractivity contribution in [3.05, 3.63) is 48.0 Å². The quantitative estimate of drug-likeness (QED) is 0.173. The number of hydrogen-bond donors (Lipinski definition) is 0. The summed E-state index contributed by atoms with van der Waals surface area (Å²) >= 11 is 0. The molecule has 0 radical (unpaired) electrons. The van der Waals surface area contributed by atoms with Crippen molar-refractivity contribution in [2.24, 2.45) is 0 Å². The first-order valence-electron chi connectivity index (χ1n) is 11.4. The zero-order valence-corrected chi connectivity index (χ0v) is 26.6. The number of hydrogen-bond acceptors (Lipinski definition) is 7. The maximum absolute atomic E-state index is 11.5. The van der Waals surface area contributed by atoms with E-state index in [0.717, 1.165) is 43.0 Å². The minimum atomic E-state index is -5.05. The molecule has 0 saturated carbocycles. The van der Waals surface area contributed by atoms with Crippen LogP contribution in [-0.2, 0) is 26.7 Å². The van der Waals surface area contributed by atoms with E-state index in [9.17, 15) is 25.9 Å². The van der Waals surface area contributed by atoms with Crippen LogP contribution >= 0.6 is 0 Å². The molecule has 7 nitrogen and oxygen atoms in total. The minimum absolute atomic E-state index is 0. The Morgan fingerprint density at radius 3 is 1.51 bits per heavy atom. The predicted octanol–water partition coefficient (Wildman–Crippen LogP) is -0.241. The molecule has 0 spiro atoms. The Morgan fingerprint density at radius 2 is 1.09 bits per heavy atom. The Labute approximate surface area is 254 Å². The van der Waals surface area contributed by atoms with Crippen molar-refractivity contribution in [1.82, 2.24) is 0 Å². The predicted molar refractivity (Wildman–Crippen MR) is 124 cm³/mol. The SMILES string of the molecule is CCCCCCCCCCCCc1ccc(Oc2c(S(=O)(=O)[O-])cccc2S(=O)(=O)[O-])cc1.[Na+].[Na+]. The van der Waals surface area contributed by atoms with Gasteiger partial charge in [-0.1, -0.05) is 82.9 Å². The van der Waals surface area contributed by atoms with Crippen molar-refractivity contribution < 1.29 is 89.8 Å². The molecule has 2 aromatic rings. The van der Waals surface area contributed by atoms with E-state index in [1.165, 1.54) is 51.4 Å². The van der Waals surface area contributed by atoms with Crippen LogP contribution in [0.1, 0.15) is 76.7 Å². The largest absolute Gasteiger partial charge is 1.00 e. The van der Waals surface area contributed by atoms with Gasteiger partial charge >= 0.3 is 59.1 Å². The normalized spacial score (nSPS) is 11.4. The zero-order valence-electron chi connectivity index (χ0n) is 21.0. The van der Waals surface area contributed by atoms with E-state index in [1.54, 1.807) is 24.3 Å². The third kappa shape index (κ3) is 12.9. The molecule has 0 heterocycles. The summed E-state index contributed by atoms with van der Waals surface area (Å²) in [4.78, 5) is -1.79. The van der Waals surface area contributed by atoms with Gasteiger partial charge in [0.2, 0.25) is 0 Å². The summed E-state index contributed by atoms with van der Waals surface area (Å²) in [7, 11) is -10.1. The number of unbranched alkanes of at least 4 members (excludes halogenated alkanes) is 9. The molecule has 0 unspecified atom stereocenters. The van der Waals surface area contributed by atoms with Gasteiger partial charge in [0.1, 0.15) is 26.0 Å². The van der Waals surface area contributed by atoms with Crippen LogP contribution in [0.4, 0.5) is 0 Å². The van der Waals surface area contributed by atoms with E-state index < -0.39 is 35.8 Å². The fourth-order valence-corrected chi connectivity index (χ4v) is 4.96. The second kappa shape index (κ2) is 17.5. The molecule has 11 heteroatoms. The van der Waals surface area contributed by atoms with Crippen LogP contribution in [0.15, 0.2) is 52.3 Å². The molecule has 0 aliphatic rings. The van der Waals surface area contributed by atoms with Gasteiger partial charge in [0, 0.05) is 0 Å². The van der Waals surface area contributed by atoms with Gasteiger partial charge in [0.05, 0.1) is 9.79 Å². The molecule has 0 aromatic heterocycles. The van der Waals surface area contributed by atoms with Crippen LogP contribution in [0.3, 0.4) is 0 Å². The summed E-state index contributed by atoms with van der Waals surface area (Å²) in [5.74, 6) is -0.646. The van der Waals surface area contributed by atoms with Gasteiger partial charge in [0.15, 0.2) is 5.75 Å². The van der Waals surface area contributed by atoms with Gasteiger partial charge in [-0.2, -0.15) is 0 Å². The number of ether oxygens (including phenoxy) is 1. The van der Waals surface area contributed by atoms with E-state index >= 15 is 0 Å². The van der Waals surface area contributed by atoms with E-state index in [2.05, 4.69) is 6.92 Å². The number of rotatable bonds is 15. The average molecular weight is 543 g/mol. The van der Waals surface area contributed by atoms with Gasteiger partial charge in [-0.25, -0.2) is 16.8 Å². The molecular weight excluding hydrogens is 510 g/mol. The number of para-hydroxylation sites is 1. The fraction of sp³-hybridized carbons (Fsp3) is 0.500. The van der Waals surface area contributed by atoms with Crippen LogP contribution in [0, 0.1) is 0 Å². The molecule has 0 atom stereocenters. The Morgan fingerprint density at radius 1 is 0.657 bits per heavy atom. The first-order chi connectivity index (χ1) is 15.6. The fourth-order valence-electron chi connectivity index (χ4n) is 3.65. The molecule has 0 N–H and O–H groups in total. The van der Waals surface area contributed by atoms with Crippen LogP contribution in [0.5, 0.6) is 11.5 Å². The number of benzene rings is 2. The third-order valence-corrected chi connectivity index (χ3v) is 7.16. The summed E-state index contributed by atoms with van der Waals surface area (Å²) in [6.07, 6.45) is 13.4. The maximum Gasteiger partial charge on any atom is 1.00 e. The Hall–Kier alpha value is 0.0600. The maximum atomic E-state index is 11.5.